The van der Waals surface area contributed by atoms with E-state index in [0.717, 1.165) is 13.0 Å². The predicted molar refractivity (Wildman–Crippen MR) is 53.8 cm³/mol. The smallest absolute Gasteiger partial charge is 0.303 e. The van der Waals surface area contributed by atoms with Crippen LogP contribution in [0.3, 0.4) is 0 Å². The topological polar surface area (TPSA) is 40.5 Å². The quantitative estimate of drug-likeness (QED) is 0.691. The number of hydrogen-bond acceptors (Lipinski definition) is 2. The van der Waals surface area contributed by atoms with E-state index in [1.807, 2.05) is 0 Å². The van der Waals surface area contributed by atoms with Gasteiger partial charge in [0.2, 0.25) is 0 Å². The molecular weight excluding hydrogens is 166 g/mol. The van der Waals surface area contributed by atoms with Gasteiger partial charge in [-0.1, -0.05) is 6.92 Å². The van der Waals surface area contributed by atoms with Gasteiger partial charge in [-0.2, -0.15) is 0 Å². The molecule has 13 heavy (non-hydrogen) atoms. The molecule has 0 aliphatic carbocycles. The Morgan fingerprint density at radius 2 is 1.92 bits per heavy atom. The van der Waals surface area contributed by atoms with Crippen LogP contribution in [-0.4, -0.2) is 34.6 Å². The number of aliphatic carboxylic acids is 1. The first-order valence-electron chi connectivity index (χ1n) is 4.96. The van der Waals surface area contributed by atoms with Crippen molar-refractivity contribution in [3.05, 3.63) is 0 Å². The maximum absolute atomic E-state index is 10.4. The van der Waals surface area contributed by atoms with E-state index in [2.05, 4.69) is 32.6 Å². The maximum Gasteiger partial charge on any atom is 0.303 e. The van der Waals surface area contributed by atoms with Crippen molar-refractivity contribution in [3.8, 4) is 0 Å². The van der Waals surface area contributed by atoms with Crippen LogP contribution in [0.4, 0.5) is 0 Å². The summed E-state index contributed by atoms with van der Waals surface area (Å²) in [6.07, 6.45) is 1.01. The van der Waals surface area contributed by atoms with E-state index in [4.69, 9.17) is 5.11 Å². The molecule has 0 fully saturated rings. The molecule has 0 amide bonds. The minimum atomic E-state index is -0.702. The zero-order valence-corrected chi connectivity index (χ0v) is 9.08. The molecule has 0 saturated carbocycles. The molecular formula is C10H21NO2. The van der Waals surface area contributed by atoms with Crippen LogP contribution in [0, 0.1) is 0 Å². The van der Waals surface area contributed by atoms with Crippen molar-refractivity contribution >= 4 is 5.97 Å². The van der Waals surface area contributed by atoms with Crippen molar-refractivity contribution in [2.24, 2.45) is 0 Å². The highest BCUT2D eigenvalue weighted by Crippen LogP contribution is 2.09. The van der Waals surface area contributed by atoms with Gasteiger partial charge in [0.1, 0.15) is 0 Å². The highest BCUT2D eigenvalue weighted by Gasteiger charge is 2.15. The minimum absolute atomic E-state index is 0.268. The molecule has 1 atom stereocenters. The third kappa shape index (κ3) is 4.88. The van der Waals surface area contributed by atoms with Crippen LogP contribution in [0.15, 0.2) is 0 Å². The molecule has 78 valence electrons. The van der Waals surface area contributed by atoms with Crippen LogP contribution in [0.25, 0.3) is 0 Å². The van der Waals surface area contributed by atoms with Crippen molar-refractivity contribution in [2.75, 3.05) is 6.54 Å². The van der Waals surface area contributed by atoms with Crippen molar-refractivity contribution in [3.63, 3.8) is 0 Å². The summed E-state index contributed by atoms with van der Waals surface area (Å²) in [6, 6.07) is 0.856. The zero-order valence-electron chi connectivity index (χ0n) is 9.08. The molecule has 0 heterocycles. The van der Waals surface area contributed by atoms with Gasteiger partial charge in [-0.15, -0.1) is 0 Å². The standard InChI is InChI=1S/C10H21NO2/c1-5-11(8(2)3)9(4)6-7-10(12)13/h8-9H,5-7H2,1-4H3,(H,12,13). The second-order valence-electron chi connectivity index (χ2n) is 3.71. The summed E-state index contributed by atoms with van der Waals surface area (Å²) in [5.41, 5.74) is 0. The number of rotatable bonds is 6. The van der Waals surface area contributed by atoms with Crippen LogP contribution in [-0.2, 0) is 4.79 Å². The summed E-state index contributed by atoms with van der Waals surface area (Å²) < 4.78 is 0. The Morgan fingerprint density at radius 3 is 2.23 bits per heavy atom. The SMILES string of the molecule is CCN(C(C)C)C(C)CCC(=O)O. The molecule has 0 bridgehead atoms. The summed E-state index contributed by atoms with van der Waals surface area (Å²) in [6.45, 7) is 9.46. The van der Waals surface area contributed by atoms with Gasteiger partial charge in [-0.25, -0.2) is 0 Å². The summed E-state index contributed by atoms with van der Waals surface area (Å²) in [7, 11) is 0. The summed E-state index contributed by atoms with van der Waals surface area (Å²) in [5, 5.41) is 8.54. The molecule has 0 rings (SSSR count). The fraction of sp³-hybridized carbons (Fsp3) is 0.900. The third-order valence-corrected chi connectivity index (χ3v) is 2.37. The lowest BCUT2D eigenvalue weighted by Crippen LogP contribution is -2.38. The van der Waals surface area contributed by atoms with Gasteiger partial charge in [0, 0.05) is 18.5 Å². The Labute approximate surface area is 80.7 Å². The van der Waals surface area contributed by atoms with Crippen molar-refractivity contribution in [2.45, 2.75) is 52.6 Å². The first-order chi connectivity index (χ1) is 5.99. The van der Waals surface area contributed by atoms with Crippen molar-refractivity contribution in [1.82, 2.24) is 4.90 Å². The van der Waals surface area contributed by atoms with Crippen LogP contribution < -0.4 is 0 Å². The molecule has 0 saturated heterocycles. The fourth-order valence-corrected chi connectivity index (χ4v) is 1.68. The molecule has 3 nitrogen and oxygen atoms in total. The molecule has 1 N–H and O–H groups in total. The average molecular weight is 187 g/mol. The van der Waals surface area contributed by atoms with E-state index in [1.54, 1.807) is 0 Å². The molecule has 0 aromatic carbocycles. The van der Waals surface area contributed by atoms with Gasteiger partial charge in [-0.3, -0.25) is 9.69 Å². The second-order valence-corrected chi connectivity index (χ2v) is 3.71. The first-order valence-corrected chi connectivity index (χ1v) is 4.96. The largest absolute Gasteiger partial charge is 0.481 e. The summed E-state index contributed by atoms with van der Waals surface area (Å²) in [4.78, 5) is 12.7. The van der Waals surface area contributed by atoms with E-state index in [-0.39, 0.29) is 6.42 Å². The molecule has 3 heteroatoms. The number of nitrogens with zero attached hydrogens (tertiary/aromatic N) is 1. The summed E-state index contributed by atoms with van der Waals surface area (Å²) in [5.74, 6) is -0.702. The lowest BCUT2D eigenvalue weighted by Gasteiger charge is -2.31. The zero-order chi connectivity index (χ0) is 10.4. The predicted octanol–water partition coefficient (Wildman–Crippen LogP) is 1.97. The molecule has 0 spiro atoms. The van der Waals surface area contributed by atoms with Gasteiger partial charge in [0.25, 0.3) is 0 Å². The van der Waals surface area contributed by atoms with Crippen LogP contribution in [0.1, 0.15) is 40.5 Å². The molecule has 1 unspecified atom stereocenters. The number of carbonyl (C=O) groups is 1. The highest BCUT2D eigenvalue weighted by atomic mass is 16.4. The van der Waals surface area contributed by atoms with Crippen LogP contribution >= 0.6 is 0 Å². The van der Waals surface area contributed by atoms with Gasteiger partial charge < -0.3 is 5.11 Å². The normalized spacial score (nSPS) is 13.7. The Kier molecular flexibility index (Phi) is 5.71. The van der Waals surface area contributed by atoms with E-state index >= 15 is 0 Å². The monoisotopic (exact) mass is 187 g/mol. The Morgan fingerprint density at radius 1 is 1.38 bits per heavy atom. The second kappa shape index (κ2) is 5.97. The van der Waals surface area contributed by atoms with Crippen LogP contribution in [0.2, 0.25) is 0 Å². The molecule has 0 aliphatic heterocycles. The Hall–Kier alpha value is -0.570. The van der Waals surface area contributed by atoms with E-state index < -0.39 is 5.97 Å². The van der Waals surface area contributed by atoms with Gasteiger partial charge in [0.05, 0.1) is 0 Å². The molecule has 0 radical (unpaired) electrons. The number of carboxylic acids is 1. The lowest BCUT2D eigenvalue weighted by atomic mass is 10.1. The lowest BCUT2D eigenvalue weighted by molar-refractivity contribution is -0.137. The van der Waals surface area contributed by atoms with E-state index in [1.165, 1.54) is 0 Å². The number of hydrogen-bond donors (Lipinski definition) is 1. The molecule has 0 aromatic heterocycles. The van der Waals surface area contributed by atoms with Crippen LogP contribution in [0.5, 0.6) is 0 Å². The fourth-order valence-electron chi connectivity index (χ4n) is 1.68. The third-order valence-electron chi connectivity index (χ3n) is 2.37. The van der Waals surface area contributed by atoms with E-state index in [0.29, 0.717) is 12.1 Å². The summed E-state index contributed by atoms with van der Waals surface area (Å²) >= 11 is 0. The highest BCUT2D eigenvalue weighted by molar-refractivity contribution is 5.66. The number of carboxylic acid groups (broad SMARTS) is 1. The van der Waals surface area contributed by atoms with Gasteiger partial charge in [0.15, 0.2) is 0 Å². The Balaban J connectivity index is 3.91. The average Bonchev–Trinajstić information content (AvgIpc) is 2.01. The van der Waals surface area contributed by atoms with Gasteiger partial charge >= 0.3 is 5.97 Å². The van der Waals surface area contributed by atoms with Crippen molar-refractivity contribution < 1.29 is 9.90 Å². The molecule has 0 aliphatic rings. The maximum atomic E-state index is 10.4. The first kappa shape index (κ1) is 12.4. The van der Waals surface area contributed by atoms with Crippen molar-refractivity contribution in [1.29, 1.82) is 0 Å². The molecule has 0 aromatic rings. The van der Waals surface area contributed by atoms with Gasteiger partial charge in [-0.05, 0) is 33.7 Å². The van der Waals surface area contributed by atoms with E-state index in [9.17, 15) is 4.79 Å². The Bertz CT molecular complexity index is 157. The minimum Gasteiger partial charge on any atom is -0.481 e.